The number of carboxylic acids is 1. The Morgan fingerprint density at radius 3 is 2.47 bits per heavy atom. The second kappa shape index (κ2) is 6.25. The number of rotatable bonds is 6. The Balaban J connectivity index is 2.48. The molecule has 0 saturated carbocycles. The van der Waals surface area contributed by atoms with Crippen LogP contribution in [0.2, 0.25) is 0 Å². The maximum Gasteiger partial charge on any atom is 0.337 e. The molecule has 9 heteroatoms. The highest BCUT2D eigenvalue weighted by Crippen LogP contribution is 2.00. The van der Waals surface area contributed by atoms with Crippen molar-refractivity contribution in [3.63, 3.8) is 0 Å². The lowest BCUT2D eigenvalue weighted by Gasteiger charge is -2.05. The number of nitrogens with one attached hydrogen (secondary N) is 2. The Morgan fingerprint density at radius 2 is 2.00 bits per heavy atom. The molecule has 0 aliphatic rings. The molecule has 0 atom stereocenters. The summed E-state index contributed by atoms with van der Waals surface area (Å²) in [6, 6.07) is 2.54. The number of carboxylic acid groups (broad SMARTS) is 1. The molecule has 1 heterocycles. The van der Waals surface area contributed by atoms with E-state index in [1.165, 1.54) is 12.1 Å². The molecule has 104 valence electrons. The van der Waals surface area contributed by atoms with Crippen LogP contribution in [0.1, 0.15) is 20.8 Å². The van der Waals surface area contributed by atoms with E-state index in [1.807, 2.05) is 0 Å². The van der Waals surface area contributed by atoms with Crippen molar-refractivity contribution >= 4 is 21.9 Å². The molecular formula is C10H13N3O5S. The molecule has 0 spiro atoms. The number of nitrogens with zero attached hydrogens (tertiary/aromatic N) is 1. The number of aromatic carboxylic acids is 1. The van der Waals surface area contributed by atoms with Crippen LogP contribution < -0.4 is 10.0 Å². The van der Waals surface area contributed by atoms with Gasteiger partial charge in [0, 0.05) is 19.3 Å². The molecule has 0 aliphatic carbocycles. The van der Waals surface area contributed by atoms with Gasteiger partial charge in [0.1, 0.15) is 5.69 Å². The Morgan fingerprint density at radius 1 is 1.32 bits per heavy atom. The van der Waals surface area contributed by atoms with Crippen molar-refractivity contribution in [2.45, 2.75) is 0 Å². The van der Waals surface area contributed by atoms with Gasteiger partial charge in [-0.05, 0) is 12.1 Å². The Bertz CT molecular complexity index is 567. The number of hydrogen-bond acceptors (Lipinski definition) is 5. The summed E-state index contributed by atoms with van der Waals surface area (Å²) in [5, 5.41) is 11.1. The van der Waals surface area contributed by atoms with Gasteiger partial charge in [0.05, 0.1) is 11.8 Å². The predicted molar refractivity (Wildman–Crippen MR) is 66.4 cm³/mol. The molecule has 0 bridgehead atoms. The number of amides is 1. The van der Waals surface area contributed by atoms with Crippen LogP contribution in [-0.2, 0) is 10.0 Å². The van der Waals surface area contributed by atoms with E-state index < -0.39 is 21.9 Å². The monoisotopic (exact) mass is 287 g/mol. The number of sulfonamides is 1. The smallest absolute Gasteiger partial charge is 0.337 e. The Labute approximate surface area is 109 Å². The van der Waals surface area contributed by atoms with Crippen LogP contribution in [0, 0.1) is 0 Å². The Hall–Kier alpha value is -2.00. The summed E-state index contributed by atoms with van der Waals surface area (Å²) in [5.74, 6) is -1.64. The number of aromatic nitrogens is 1. The third kappa shape index (κ3) is 5.44. The normalized spacial score (nSPS) is 11.0. The van der Waals surface area contributed by atoms with E-state index in [0.29, 0.717) is 0 Å². The molecule has 1 aromatic heterocycles. The third-order valence-corrected chi connectivity index (χ3v) is 2.75. The second-order valence-corrected chi connectivity index (χ2v) is 5.49. The van der Waals surface area contributed by atoms with Gasteiger partial charge in [0.15, 0.2) is 0 Å². The van der Waals surface area contributed by atoms with E-state index in [-0.39, 0.29) is 24.3 Å². The average Bonchev–Trinajstić information content (AvgIpc) is 2.33. The highest BCUT2D eigenvalue weighted by atomic mass is 32.2. The zero-order valence-corrected chi connectivity index (χ0v) is 10.9. The van der Waals surface area contributed by atoms with E-state index >= 15 is 0 Å². The molecule has 3 N–H and O–H groups in total. The van der Waals surface area contributed by atoms with Crippen molar-refractivity contribution in [3.8, 4) is 0 Å². The largest absolute Gasteiger partial charge is 0.478 e. The second-order valence-electron chi connectivity index (χ2n) is 3.66. The zero-order chi connectivity index (χ0) is 14.5. The van der Waals surface area contributed by atoms with Gasteiger partial charge in [-0.2, -0.15) is 0 Å². The minimum atomic E-state index is -3.28. The molecule has 0 radical (unpaired) electrons. The highest BCUT2D eigenvalue weighted by Gasteiger charge is 2.09. The summed E-state index contributed by atoms with van der Waals surface area (Å²) in [6.45, 7) is 0.173. The van der Waals surface area contributed by atoms with Crippen LogP contribution in [0.25, 0.3) is 0 Å². The van der Waals surface area contributed by atoms with E-state index in [1.54, 1.807) is 0 Å². The van der Waals surface area contributed by atoms with Gasteiger partial charge in [-0.15, -0.1) is 0 Å². The van der Waals surface area contributed by atoms with Gasteiger partial charge in [0.2, 0.25) is 10.0 Å². The standard InChI is InChI=1S/C10H13N3O5S/c1-19(17,18)13-5-4-11-9(14)8-3-2-7(6-12-8)10(15)16/h2-3,6,13H,4-5H2,1H3,(H,11,14)(H,15,16). The molecule has 8 nitrogen and oxygen atoms in total. The van der Waals surface area contributed by atoms with Crippen LogP contribution >= 0.6 is 0 Å². The first-order valence-corrected chi connectivity index (χ1v) is 7.11. The maximum atomic E-state index is 11.6. The SMILES string of the molecule is CS(=O)(=O)NCCNC(=O)c1ccc(C(=O)O)cn1. The summed E-state index contributed by atoms with van der Waals surface area (Å²) < 4.78 is 23.7. The summed E-state index contributed by atoms with van der Waals surface area (Å²) in [5.41, 5.74) is 0.0413. The first kappa shape index (κ1) is 15.1. The van der Waals surface area contributed by atoms with E-state index in [9.17, 15) is 18.0 Å². The average molecular weight is 287 g/mol. The number of pyridine rings is 1. The quantitative estimate of drug-likeness (QED) is 0.580. The van der Waals surface area contributed by atoms with E-state index in [0.717, 1.165) is 12.5 Å². The fraction of sp³-hybridized carbons (Fsp3) is 0.300. The number of hydrogen-bond donors (Lipinski definition) is 3. The fourth-order valence-electron chi connectivity index (χ4n) is 1.16. The van der Waals surface area contributed by atoms with Crippen molar-refractivity contribution in [2.24, 2.45) is 0 Å². The molecule has 0 unspecified atom stereocenters. The molecule has 0 fully saturated rings. The lowest BCUT2D eigenvalue weighted by Crippen LogP contribution is -2.34. The maximum absolute atomic E-state index is 11.6. The highest BCUT2D eigenvalue weighted by molar-refractivity contribution is 7.88. The minimum absolute atomic E-state index is 0.0182. The number of carbonyl (C=O) groups is 2. The molecule has 1 rings (SSSR count). The van der Waals surface area contributed by atoms with Crippen molar-refractivity contribution in [3.05, 3.63) is 29.6 Å². The van der Waals surface area contributed by atoms with E-state index in [4.69, 9.17) is 5.11 Å². The van der Waals surface area contributed by atoms with Gasteiger partial charge in [-0.25, -0.2) is 17.9 Å². The molecule has 0 aliphatic heterocycles. The first-order valence-electron chi connectivity index (χ1n) is 5.22. The molecular weight excluding hydrogens is 274 g/mol. The summed E-state index contributed by atoms with van der Waals surface area (Å²) in [7, 11) is -3.28. The van der Waals surface area contributed by atoms with E-state index in [2.05, 4.69) is 15.0 Å². The van der Waals surface area contributed by atoms with Crippen molar-refractivity contribution in [1.29, 1.82) is 0 Å². The van der Waals surface area contributed by atoms with Crippen LogP contribution in [0.15, 0.2) is 18.3 Å². The summed E-state index contributed by atoms with van der Waals surface area (Å²) >= 11 is 0. The number of carbonyl (C=O) groups excluding carboxylic acids is 1. The van der Waals surface area contributed by atoms with Crippen molar-refractivity contribution in [2.75, 3.05) is 19.3 Å². The lowest BCUT2D eigenvalue weighted by atomic mass is 10.2. The molecule has 0 aromatic carbocycles. The van der Waals surface area contributed by atoms with Crippen molar-refractivity contribution in [1.82, 2.24) is 15.0 Å². The topological polar surface area (TPSA) is 125 Å². The molecule has 19 heavy (non-hydrogen) atoms. The third-order valence-electron chi connectivity index (χ3n) is 2.02. The first-order chi connectivity index (χ1) is 8.79. The minimum Gasteiger partial charge on any atom is -0.478 e. The van der Waals surface area contributed by atoms with Gasteiger partial charge < -0.3 is 10.4 Å². The fourth-order valence-corrected chi connectivity index (χ4v) is 1.63. The predicted octanol–water partition coefficient (Wildman–Crippen LogP) is -0.941. The van der Waals surface area contributed by atoms with Crippen LogP contribution in [0.5, 0.6) is 0 Å². The Kier molecular flexibility index (Phi) is 4.95. The van der Waals surface area contributed by atoms with Crippen LogP contribution in [0.3, 0.4) is 0 Å². The van der Waals surface area contributed by atoms with Gasteiger partial charge >= 0.3 is 5.97 Å². The van der Waals surface area contributed by atoms with Crippen LogP contribution in [0.4, 0.5) is 0 Å². The van der Waals surface area contributed by atoms with Gasteiger partial charge in [0.25, 0.3) is 5.91 Å². The van der Waals surface area contributed by atoms with Crippen molar-refractivity contribution < 1.29 is 23.1 Å². The summed E-state index contributed by atoms with van der Waals surface area (Å²) in [6.07, 6.45) is 2.09. The molecule has 0 saturated heterocycles. The summed E-state index contributed by atoms with van der Waals surface area (Å²) in [4.78, 5) is 25.8. The van der Waals surface area contributed by atoms with Gasteiger partial charge in [-0.3, -0.25) is 9.78 Å². The van der Waals surface area contributed by atoms with Gasteiger partial charge in [-0.1, -0.05) is 0 Å². The zero-order valence-electron chi connectivity index (χ0n) is 10.1. The lowest BCUT2D eigenvalue weighted by molar-refractivity contribution is 0.0695. The van der Waals surface area contributed by atoms with Crippen LogP contribution in [-0.4, -0.2) is 49.7 Å². The molecule has 1 amide bonds. The molecule has 1 aromatic rings.